The Kier molecular flexibility index (Phi) is 7.97. The van der Waals surface area contributed by atoms with Crippen molar-refractivity contribution in [3.05, 3.63) is 0 Å². The normalized spacial score (nSPS) is 36.2. The molecular weight excluding hydrogens is 268 g/mol. The minimum atomic E-state index is 0.385. The highest BCUT2D eigenvalue weighted by Gasteiger charge is 2.26. The molecule has 0 aromatic carbocycles. The van der Waals surface area contributed by atoms with Gasteiger partial charge in [0.2, 0.25) is 0 Å². The fourth-order valence-electron chi connectivity index (χ4n) is 5.10. The summed E-state index contributed by atoms with van der Waals surface area (Å²) in [5, 5.41) is 0. The topological polar surface area (TPSA) is 17.1 Å². The summed E-state index contributed by atoms with van der Waals surface area (Å²) in [7, 11) is 0. The van der Waals surface area contributed by atoms with Crippen LogP contribution >= 0.6 is 0 Å². The summed E-state index contributed by atoms with van der Waals surface area (Å²) in [5.41, 5.74) is 0. The van der Waals surface area contributed by atoms with Crippen molar-refractivity contribution in [1.82, 2.24) is 0 Å². The molecule has 0 N–H and O–H groups in total. The Morgan fingerprint density at radius 3 is 1.95 bits per heavy atom. The Morgan fingerprint density at radius 2 is 1.36 bits per heavy atom. The predicted octanol–water partition coefficient (Wildman–Crippen LogP) is 6.40. The van der Waals surface area contributed by atoms with Gasteiger partial charge in [-0.2, -0.15) is 0 Å². The van der Waals surface area contributed by atoms with E-state index in [-0.39, 0.29) is 0 Å². The highest BCUT2D eigenvalue weighted by molar-refractivity contribution is 5.53. The fourth-order valence-corrected chi connectivity index (χ4v) is 5.10. The lowest BCUT2D eigenvalue weighted by Crippen LogP contribution is -2.24. The molecule has 0 aromatic rings. The smallest absolute Gasteiger partial charge is 0.123 e. The van der Waals surface area contributed by atoms with Crippen molar-refractivity contribution in [2.24, 2.45) is 29.6 Å². The van der Waals surface area contributed by atoms with Gasteiger partial charge in [0.25, 0.3) is 0 Å². The van der Waals surface area contributed by atoms with Gasteiger partial charge in [0.1, 0.15) is 6.29 Å². The van der Waals surface area contributed by atoms with Crippen molar-refractivity contribution in [2.45, 2.75) is 97.3 Å². The molecule has 1 nitrogen and oxygen atoms in total. The third-order valence-electron chi connectivity index (χ3n) is 6.76. The first-order valence-corrected chi connectivity index (χ1v) is 10.2. The van der Waals surface area contributed by atoms with Crippen molar-refractivity contribution >= 4 is 6.29 Å². The minimum Gasteiger partial charge on any atom is -0.303 e. The van der Waals surface area contributed by atoms with E-state index in [0.29, 0.717) is 5.92 Å². The molecule has 0 spiro atoms. The van der Waals surface area contributed by atoms with Crippen LogP contribution in [0.25, 0.3) is 0 Å². The van der Waals surface area contributed by atoms with Crippen LogP contribution in [-0.4, -0.2) is 6.29 Å². The number of hydrogen-bond acceptors (Lipinski definition) is 1. The maximum absolute atomic E-state index is 10.8. The summed E-state index contributed by atoms with van der Waals surface area (Å²) in [5.74, 6) is 4.26. The van der Waals surface area contributed by atoms with Gasteiger partial charge in [-0.25, -0.2) is 0 Å². The average molecular weight is 307 g/mol. The first kappa shape index (κ1) is 18.0. The molecule has 0 saturated heterocycles. The van der Waals surface area contributed by atoms with E-state index >= 15 is 0 Å². The molecule has 2 atom stereocenters. The van der Waals surface area contributed by atoms with E-state index in [1.165, 1.54) is 76.9 Å². The average Bonchev–Trinajstić information content (AvgIpc) is 2.53. The molecule has 2 aliphatic carbocycles. The van der Waals surface area contributed by atoms with Gasteiger partial charge in [0.05, 0.1) is 0 Å². The van der Waals surface area contributed by atoms with Crippen LogP contribution in [-0.2, 0) is 4.79 Å². The number of carbonyl (C=O) groups is 1. The second kappa shape index (κ2) is 9.73. The maximum atomic E-state index is 10.8. The predicted molar refractivity (Wildman–Crippen MR) is 94.9 cm³/mol. The van der Waals surface area contributed by atoms with E-state index in [2.05, 4.69) is 13.8 Å². The summed E-state index contributed by atoms with van der Waals surface area (Å²) >= 11 is 0. The summed E-state index contributed by atoms with van der Waals surface area (Å²) < 4.78 is 0. The van der Waals surface area contributed by atoms with Gasteiger partial charge in [0.15, 0.2) is 0 Å². The second-order valence-electron chi connectivity index (χ2n) is 8.46. The van der Waals surface area contributed by atoms with Crippen molar-refractivity contribution < 1.29 is 4.79 Å². The summed E-state index contributed by atoms with van der Waals surface area (Å²) in [6.45, 7) is 4.96. The number of unbranched alkanes of at least 4 members (excludes halogenated alkanes) is 3. The van der Waals surface area contributed by atoms with Crippen molar-refractivity contribution in [1.29, 1.82) is 0 Å². The first-order valence-electron chi connectivity index (χ1n) is 10.2. The van der Waals surface area contributed by atoms with Gasteiger partial charge in [0, 0.05) is 5.92 Å². The van der Waals surface area contributed by atoms with Crippen molar-refractivity contribution in [3.8, 4) is 0 Å². The lowest BCUT2D eigenvalue weighted by molar-refractivity contribution is -0.112. The van der Waals surface area contributed by atoms with E-state index < -0.39 is 0 Å². The molecule has 1 heteroatoms. The van der Waals surface area contributed by atoms with Crippen LogP contribution in [0.15, 0.2) is 0 Å². The monoisotopic (exact) mass is 306 g/mol. The van der Waals surface area contributed by atoms with Crippen LogP contribution in [0.1, 0.15) is 97.3 Å². The molecule has 0 aliphatic heterocycles. The molecule has 2 aliphatic rings. The van der Waals surface area contributed by atoms with Crippen molar-refractivity contribution in [3.63, 3.8) is 0 Å². The minimum absolute atomic E-state index is 0.385. The quantitative estimate of drug-likeness (QED) is 0.374. The van der Waals surface area contributed by atoms with Crippen LogP contribution in [0.4, 0.5) is 0 Å². The number of carbonyl (C=O) groups excluding carboxylic acids is 1. The lowest BCUT2D eigenvalue weighted by Gasteiger charge is -2.34. The van der Waals surface area contributed by atoms with Crippen molar-refractivity contribution in [2.75, 3.05) is 0 Å². The lowest BCUT2D eigenvalue weighted by atomic mass is 9.71. The Morgan fingerprint density at radius 1 is 0.773 bits per heavy atom. The van der Waals surface area contributed by atoms with Gasteiger partial charge in [-0.1, -0.05) is 65.2 Å². The molecule has 0 aromatic heterocycles. The zero-order chi connectivity index (χ0) is 15.8. The van der Waals surface area contributed by atoms with E-state index in [9.17, 15) is 4.79 Å². The Labute approximate surface area is 138 Å². The molecule has 2 fully saturated rings. The zero-order valence-corrected chi connectivity index (χ0v) is 15.1. The summed E-state index contributed by atoms with van der Waals surface area (Å²) in [6, 6.07) is 0. The van der Waals surface area contributed by atoms with Crippen LogP contribution in [0.2, 0.25) is 0 Å². The van der Waals surface area contributed by atoms with E-state index in [4.69, 9.17) is 0 Å². The third-order valence-corrected chi connectivity index (χ3v) is 6.76. The Balaban J connectivity index is 1.48. The molecule has 2 unspecified atom stereocenters. The molecule has 0 bridgehead atoms. The Hall–Kier alpha value is -0.330. The van der Waals surface area contributed by atoms with Gasteiger partial charge in [-0.05, 0) is 55.8 Å². The second-order valence-corrected chi connectivity index (χ2v) is 8.46. The molecule has 0 heterocycles. The molecule has 128 valence electrons. The van der Waals surface area contributed by atoms with Crippen LogP contribution in [0.5, 0.6) is 0 Å². The van der Waals surface area contributed by atoms with E-state index in [1.807, 2.05) is 0 Å². The highest BCUT2D eigenvalue weighted by Crippen LogP contribution is 2.37. The number of aldehydes is 1. The van der Waals surface area contributed by atoms with Gasteiger partial charge >= 0.3 is 0 Å². The molecular formula is C21H38O. The van der Waals surface area contributed by atoms with Gasteiger partial charge in [-0.15, -0.1) is 0 Å². The zero-order valence-electron chi connectivity index (χ0n) is 15.1. The summed E-state index contributed by atoms with van der Waals surface area (Å²) in [4.78, 5) is 10.8. The molecule has 2 rings (SSSR count). The molecule has 22 heavy (non-hydrogen) atoms. The number of rotatable bonds is 8. The van der Waals surface area contributed by atoms with E-state index in [1.54, 1.807) is 0 Å². The molecule has 2 saturated carbocycles. The van der Waals surface area contributed by atoms with Gasteiger partial charge < -0.3 is 4.79 Å². The SMILES string of the molecule is CC1CCCC(C)C1CCCCCCC1CCC(C=O)CC1. The maximum Gasteiger partial charge on any atom is 0.123 e. The van der Waals surface area contributed by atoms with Crippen LogP contribution in [0, 0.1) is 29.6 Å². The number of hydrogen-bond donors (Lipinski definition) is 0. The van der Waals surface area contributed by atoms with Gasteiger partial charge in [-0.3, -0.25) is 0 Å². The third kappa shape index (κ3) is 5.70. The fraction of sp³-hybridized carbons (Fsp3) is 0.952. The van der Waals surface area contributed by atoms with Crippen LogP contribution < -0.4 is 0 Å². The largest absolute Gasteiger partial charge is 0.303 e. The van der Waals surface area contributed by atoms with Crippen LogP contribution in [0.3, 0.4) is 0 Å². The first-order chi connectivity index (χ1) is 10.7. The Bertz CT molecular complexity index is 293. The highest BCUT2D eigenvalue weighted by atomic mass is 16.1. The molecule has 0 amide bonds. The summed E-state index contributed by atoms with van der Waals surface area (Å²) in [6.07, 6.45) is 19.2. The van der Waals surface area contributed by atoms with E-state index in [0.717, 1.165) is 36.5 Å². The molecule has 0 radical (unpaired) electrons. The standard InChI is InChI=1S/C21H38O/c1-17-8-7-9-18(2)21(17)11-6-4-3-5-10-19-12-14-20(16-22)15-13-19/h16-21H,3-15H2,1-2H3.